The number of ether oxygens (including phenoxy) is 2. The molecule has 0 spiro atoms. The first kappa shape index (κ1) is 20.8. The topological polar surface area (TPSA) is 214 Å². The molecule has 8 N–H and O–H groups in total. The van der Waals surface area contributed by atoms with Gasteiger partial charge in [0.15, 0.2) is 18.7 Å². The summed E-state index contributed by atoms with van der Waals surface area (Å²) in [6.07, 6.45) is -17.8. The molecule has 0 unspecified atom stereocenters. The molecule has 0 aliphatic carbocycles. The Morgan fingerprint density at radius 2 is 1.71 bits per heavy atom. The summed E-state index contributed by atoms with van der Waals surface area (Å²) in [5, 5.41) is 75.3. The quantitative estimate of drug-likeness (QED) is 0.191. The number of hydrogen-bond donors (Lipinski definition) is 8. The minimum absolute atomic E-state index is 0.0762. The van der Waals surface area contributed by atoms with Crippen molar-refractivity contribution in [3.63, 3.8) is 0 Å². The highest BCUT2D eigenvalue weighted by molar-refractivity contribution is 5.73. The first-order valence-electron chi connectivity index (χ1n) is 6.84. The lowest BCUT2D eigenvalue weighted by atomic mass is 9.98. The molecule has 1 aliphatic rings. The maximum absolute atomic E-state index is 11.0. The summed E-state index contributed by atoms with van der Waals surface area (Å²) in [4.78, 5) is 21.7. The van der Waals surface area contributed by atoms with Gasteiger partial charge in [-0.1, -0.05) is 0 Å². The Hall–Kier alpha value is -1.22. The van der Waals surface area contributed by atoms with Gasteiger partial charge in [0.1, 0.15) is 42.7 Å². The highest BCUT2D eigenvalue weighted by Crippen LogP contribution is 2.25. The molecular weight excluding hydrogens is 336 g/mol. The van der Waals surface area contributed by atoms with E-state index in [2.05, 4.69) is 0 Å². The maximum atomic E-state index is 11.0. The smallest absolute Gasteiger partial charge is 0.335 e. The van der Waals surface area contributed by atoms with E-state index in [4.69, 9.17) is 19.7 Å². The zero-order chi connectivity index (χ0) is 18.6. The van der Waals surface area contributed by atoms with Gasteiger partial charge in [-0.15, -0.1) is 0 Å². The van der Waals surface area contributed by atoms with E-state index in [-0.39, 0.29) is 6.29 Å². The van der Waals surface area contributed by atoms with Crippen LogP contribution in [0.4, 0.5) is 0 Å². The normalized spacial score (nSPS) is 35.7. The van der Waals surface area contributed by atoms with Crippen molar-refractivity contribution in [3.8, 4) is 0 Å². The molecule has 0 amide bonds. The van der Waals surface area contributed by atoms with Crippen LogP contribution < -0.4 is 0 Å². The van der Waals surface area contributed by atoms with Gasteiger partial charge in [0.05, 0.1) is 6.61 Å². The van der Waals surface area contributed by atoms with Gasteiger partial charge in [0.25, 0.3) is 0 Å². The molecule has 1 aliphatic heterocycles. The molecule has 24 heavy (non-hydrogen) atoms. The largest absolute Gasteiger partial charge is 0.479 e. The van der Waals surface area contributed by atoms with Gasteiger partial charge in [0, 0.05) is 0 Å². The molecule has 12 nitrogen and oxygen atoms in total. The summed E-state index contributed by atoms with van der Waals surface area (Å²) in [7, 11) is 0. The minimum atomic E-state index is -2.04. The van der Waals surface area contributed by atoms with Crippen LogP contribution in [0.2, 0.25) is 0 Å². The van der Waals surface area contributed by atoms with Gasteiger partial charge in [-0.25, -0.2) is 4.79 Å². The summed E-state index contributed by atoms with van der Waals surface area (Å²) in [6.45, 7) is -0.959. The number of rotatable bonds is 8. The van der Waals surface area contributed by atoms with Gasteiger partial charge in [-0.05, 0) is 0 Å². The average molecular weight is 356 g/mol. The molecule has 0 radical (unpaired) electrons. The number of aliphatic carboxylic acids is 1. The number of aliphatic hydroxyl groups excluding tert-OH is 7. The first-order valence-corrected chi connectivity index (χ1v) is 6.84. The van der Waals surface area contributed by atoms with Crippen molar-refractivity contribution in [2.24, 2.45) is 0 Å². The monoisotopic (exact) mass is 356 g/mol. The summed E-state index contributed by atoms with van der Waals surface area (Å²) in [5.41, 5.74) is 0. The Labute approximate surface area is 135 Å². The number of hydrogen-bond acceptors (Lipinski definition) is 11. The zero-order valence-electron chi connectivity index (χ0n) is 12.2. The van der Waals surface area contributed by atoms with Crippen LogP contribution in [-0.4, -0.2) is 115 Å². The highest BCUT2D eigenvalue weighted by atomic mass is 16.7. The van der Waals surface area contributed by atoms with Gasteiger partial charge < -0.3 is 55.1 Å². The van der Waals surface area contributed by atoms with Crippen molar-refractivity contribution in [2.75, 3.05) is 6.61 Å². The highest BCUT2D eigenvalue weighted by Gasteiger charge is 2.49. The van der Waals surface area contributed by atoms with Crippen molar-refractivity contribution in [2.45, 2.75) is 55.1 Å². The van der Waals surface area contributed by atoms with Crippen LogP contribution in [0, 0.1) is 0 Å². The van der Waals surface area contributed by atoms with Crippen molar-refractivity contribution in [1.82, 2.24) is 0 Å². The lowest BCUT2D eigenvalue weighted by molar-refractivity contribution is -0.318. The lowest BCUT2D eigenvalue weighted by Crippen LogP contribution is -2.62. The third-order valence-electron chi connectivity index (χ3n) is 3.50. The fourth-order valence-electron chi connectivity index (χ4n) is 2.09. The van der Waals surface area contributed by atoms with E-state index in [9.17, 15) is 40.2 Å². The molecule has 1 rings (SSSR count). The van der Waals surface area contributed by atoms with E-state index in [0.717, 1.165) is 0 Å². The third-order valence-corrected chi connectivity index (χ3v) is 3.50. The van der Waals surface area contributed by atoms with Crippen LogP contribution in [0.15, 0.2) is 0 Å². The second kappa shape index (κ2) is 8.75. The summed E-state index contributed by atoms with van der Waals surface area (Å²) >= 11 is 0. The van der Waals surface area contributed by atoms with E-state index in [1.807, 2.05) is 0 Å². The maximum Gasteiger partial charge on any atom is 0.335 e. The third kappa shape index (κ3) is 4.44. The Kier molecular flexibility index (Phi) is 7.59. The van der Waals surface area contributed by atoms with Crippen LogP contribution in [0.25, 0.3) is 0 Å². The fraction of sp³-hybridized carbons (Fsp3) is 0.833. The summed E-state index contributed by atoms with van der Waals surface area (Å²) < 4.78 is 9.70. The molecule has 0 aromatic rings. The predicted molar refractivity (Wildman–Crippen MR) is 70.4 cm³/mol. The molecular formula is C12H20O12. The first-order chi connectivity index (χ1) is 11.1. The Bertz CT molecular complexity index is 430. The van der Waals surface area contributed by atoms with E-state index in [0.29, 0.717) is 0 Å². The predicted octanol–water partition coefficient (Wildman–Crippen LogP) is -5.46. The van der Waals surface area contributed by atoms with Crippen LogP contribution in [0.1, 0.15) is 0 Å². The lowest BCUT2D eigenvalue weighted by Gasteiger charge is -2.41. The van der Waals surface area contributed by atoms with Crippen LogP contribution >= 0.6 is 0 Å². The van der Waals surface area contributed by atoms with Crippen LogP contribution in [0.5, 0.6) is 0 Å². The van der Waals surface area contributed by atoms with Crippen LogP contribution in [-0.2, 0) is 19.1 Å². The number of aliphatic hydroxyl groups is 7. The molecule has 0 bridgehead atoms. The standard InChI is InChI=1S/C12H20O12/c13-1-3(15)5(17)9(4(16)2-14)23-12-8(20)6(18)7(19)10(24-12)11(21)22/h2-10,12-13,15-20H,1H2,(H,21,22)/t3-,4+,5+,6+,7-,8-,9-,10+,12-/m1/s1. The Morgan fingerprint density at radius 1 is 1.12 bits per heavy atom. The van der Waals surface area contributed by atoms with E-state index < -0.39 is 67.7 Å². The molecule has 0 aromatic heterocycles. The number of carboxylic acid groups (broad SMARTS) is 1. The molecule has 1 saturated heterocycles. The fourth-order valence-corrected chi connectivity index (χ4v) is 2.09. The second-order valence-electron chi connectivity index (χ2n) is 5.20. The molecule has 0 saturated carbocycles. The molecule has 12 heteroatoms. The average Bonchev–Trinajstić information content (AvgIpc) is 2.56. The second-order valence-corrected chi connectivity index (χ2v) is 5.20. The van der Waals surface area contributed by atoms with Crippen LogP contribution in [0.3, 0.4) is 0 Å². The van der Waals surface area contributed by atoms with Crippen molar-refractivity contribution < 1.29 is 59.9 Å². The van der Waals surface area contributed by atoms with Gasteiger partial charge in [-0.3, -0.25) is 0 Å². The van der Waals surface area contributed by atoms with E-state index >= 15 is 0 Å². The minimum Gasteiger partial charge on any atom is -0.479 e. The zero-order valence-corrected chi connectivity index (χ0v) is 12.2. The number of carboxylic acids is 1. The van der Waals surface area contributed by atoms with Gasteiger partial charge in [-0.2, -0.15) is 0 Å². The van der Waals surface area contributed by atoms with Crippen molar-refractivity contribution in [3.05, 3.63) is 0 Å². The summed E-state index contributed by atoms with van der Waals surface area (Å²) in [5.74, 6) is -1.69. The summed E-state index contributed by atoms with van der Waals surface area (Å²) in [6, 6.07) is 0. The number of carbonyl (C=O) groups is 2. The number of aldehydes is 1. The Morgan fingerprint density at radius 3 is 2.17 bits per heavy atom. The molecule has 1 fully saturated rings. The van der Waals surface area contributed by atoms with E-state index in [1.165, 1.54) is 0 Å². The molecule has 140 valence electrons. The molecule has 1 heterocycles. The Balaban J connectivity index is 2.98. The molecule has 0 aromatic carbocycles. The van der Waals surface area contributed by atoms with Crippen molar-refractivity contribution in [1.29, 1.82) is 0 Å². The number of carbonyl (C=O) groups excluding carboxylic acids is 1. The van der Waals surface area contributed by atoms with Gasteiger partial charge in [0.2, 0.25) is 0 Å². The SMILES string of the molecule is O=C[C@H](O)[C@@H](O[C@@H]1O[C@H](C(=O)O)[C@H](O)[C@H](O)[C@H]1O)[C@@H](O)[C@H](O)CO. The van der Waals surface area contributed by atoms with Gasteiger partial charge >= 0.3 is 5.97 Å². The van der Waals surface area contributed by atoms with Crippen molar-refractivity contribution >= 4 is 12.3 Å². The molecule has 9 atom stereocenters. The van der Waals surface area contributed by atoms with E-state index in [1.54, 1.807) is 0 Å².